The van der Waals surface area contributed by atoms with E-state index in [-0.39, 0.29) is 0 Å². The lowest BCUT2D eigenvalue weighted by atomic mass is 10.2. The highest BCUT2D eigenvalue weighted by Crippen LogP contribution is 2.30. The molecule has 0 aromatic carbocycles. The Bertz CT molecular complexity index is 596. The Morgan fingerprint density at radius 1 is 1.45 bits per heavy atom. The van der Waals surface area contributed by atoms with Crippen LogP contribution < -0.4 is 10.2 Å². The van der Waals surface area contributed by atoms with Crippen LogP contribution in [0.1, 0.15) is 20.8 Å². The summed E-state index contributed by atoms with van der Waals surface area (Å²) in [7, 11) is 0. The summed E-state index contributed by atoms with van der Waals surface area (Å²) in [5.41, 5.74) is 0.942. The first-order valence-corrected chi connectivity index (χ1v) is 8.21. The molecule has 2 aromatic heterocycles. The van der Waals surface area contributed by atoms with Gasteiger partial charge in [0.1, 0.15) is 5.82 Å². The maximum atomic E-state index is 4.79. The standard InChI is InChI=1S/C14H21N5S/c1-4-15-12-9-18-6-5-16-13(18)14(17-12)19-7-8-20-11(3)10(19)2/h5-6,9-11,15H,4,7-8H2,1-3H3. The van der Waals surface area contributed by atoms with Crippen molar-refractivity contribution in [2.75, 3.05) is 29.1 Å². The zero-order chi connectivity index (χ0) is 14.1. The Morgan fingerprint density at radius 2 is 2.30 bits per heavy atom. The van der Waals surface area contributed by atoms with Gasteiger partial charge >= 0.3 is 0 Å². The van der Waals surface area contributed by atoms with Crippen LogP contribution in [0.5, 0.6) is 0 Å². The largest absolute Gasteiger partial charge is 0.369 e. The predicted octanol–water partition coefficient (Wildman–Crippen LogP) is 2.49. The van der Waals surface area contributed by atoms with E-state index in [9.17, 15) is 0 Å². The molecule has 3 heterocycles. The van der Waals surface area contributed by atoms with E-state index in [2.05, 4.69) is 40.4 Å². The van der Waals surface area contributed by atoms with Gasteiger partial charge in [-0.2, -0.15) is 11.8 Å². The second-order valence-electron chi connectivity index (χ2n) is 5.15. The first-order valence-electron chi connectivity index (χ1n) is 7.16. The maximum Gasteiger partial charge on any atom is 0.180 e. The smallest absolute Gasteiger partial charge is 0.180 e. The number of anilines is 2. The van der Waals surface area contributed by atoms with Gasteiger partial charge in [-0.15, -0.1) is 0 Å². The van der Waals surface area contributed by atoms with Crippen molar-refractivity contribution >= 4 is 29.0 Å². The van der Waals surface area contributed by atoms with Crippen molar-refractivity contribution in [1.29, 1.82) is 0 Å². The third kappa shape index (κ3) is 2.32. The van der Waals surface area contributed by atoms with Gasteiger partial charge < -0.3 is 14.6 Å². The summed E-state index contributed by atoms with van der Waals surface area (Å²) in [5.74, 6) is 3.05. The first kappa shape index (κ1) is 13.5. The minimum atomic E-state index is 0.471. The Hall–Kier alpha value is -1.43. The van der Waals surface area contributed by atoms with Gasteiger partial charge in [-0.25, -0.2) is 9.97 Å². The SMILES string of the molecule is CCNc1cn2ccnc2c(N2CCSC(C)C2C)n1. The molecule has 2 atom stereocenters. The molecule has 1 aliphatic rings. The Balaban J connectivity index is 2.06. The fraction of sp³-hybridized carbons (Fsp3) is 0.571. The van der Waals surface area contributed by atoms with Crippen LogP contribution in [0.15, 0.2) is 18.6 Å². The van der Waals surface area contributed by atoms with Crippen molar-refractivity contribution < 1.29 is 0 Å². The molecule has 2 unspecified atom stereocenters. The van der Waals surface area contributed by atoms with Gasteiger partial charge in [0.2, 0.25) is 0 Å². The number of hydrogen-bond acceptors (Lipinski definition) is 5. The first-order chi connectivity index (χ1) is 9.70. The molecule has 5 nitrogen and oxygen atoms in total. The van der Waals surface area contributed by atoms with Crippen LogP contribution in [0.3, 0.4) is 0 Å². The van der Waals surface area contributed by atoms with E-state index in [0.29, 0.717) is 11.3 Å². The molecule has 108 valence electrons. The quantitative estimate of drug-likeness (QED) is 0.941. The van der Waals surface area contributed by atoms with Gasteiger partial charge in [-0.05, 0) is 13.8 Å². The van der Waals surface area contributed by atoms with Gasteiger partial charge in [0.05, 0.1) is 6.20 Å². The lowest BCUT2D eigenvalue weighted by molar-refractivity contribution is 0.621. The highest BCUT2D eigenvalue weighted by molar-refractivity contribution is 8.00. The molecule has 1 fully saturated rings. The fourth-order valence-electron chi connectivity index (χ4n) is 2.61. The third-order valence-electron chi connectivity index (χ3n) is 3.87. The highest BCUT2D eigenvalue weighted by atomic mass is 32.2. The summed E-state index contributed by atoms with van der Waals surface area (Å²) in [6.45, 7) is 8.55. The Labute approximate surface area is 123 Å². The number of nitrogens with zero attached hydrogens (tertiary/aromatic N) is 4. The molecule has 0 saturated carbocycles. The van der Waals surface area contributed by atoms with E-state index in [1.165, 1.54) is 0 Å². The van der Waals surface area contributed by atoms with E-state index < -0.39 is 0 Å². The maximum absolute atomic E-state index is 4.79. The Morgan fingerprint density at radius 3 is 3.10 bits per heavy atom. The molecule has 2 aromatic rings. The zero-order valence-electron chi connectivity index (χ0n) is 12.2. The zero-order valence-corrected chi connectivity index (χ0v) is 13.0. The molecule has 1 N–H and O–H groups in total. The summed E-state index contributed by atoms with van der Waals surface area (Å²) in [6, 6.07) is 0.471. The van der Waals surface area contributed by atoms with Crippen molar-refractivity contribution in [2.45, 2.75) is 32.1 Å². The van der Waals surface area contributed by atoms with Gasteiger partial charge in [-0.1, -0.05) is 6.92 Å². The number of imidazole rings is 1. The van der Waals surface area contributed by atoms with Crippen LogP contribution in [0.2, 0.25) is 0 Å². The molecule has 0 bridgehead atoms. The number of hydrogen-bond donors (Lipinski definition) is 1. The highest BCUT2D eigenvalue weighted by Gasteiger charge is 2.28. The molecule has 0 aliphatic carbocycles. The molecule has 0 amide bonds. The van der Waals surface area contributed by atoms with Crippen LogP contribution in [0.4, 0.5) is 11.6 Å². The topological polar surface area (TPSA) is 45.5 Å². The number of fused-ring (bicyclic) bond motifs is 1. The predicted molar refractivity (Wildman–Crippen MR) is 85.9 cm³/mol. The van der Waals surface area contributed by atoms with Crippen molar-refractivity contribution in [2.24, 2.45) is 0 Å². The van der Waals surface area contributed by atoms with Gasteiger partial charge in [0.25, 0.3) is 0 Å². The molecule has 0 radical (unpaired) electrons. The number of nitrogens with one attached hydrogen (secondary N) is 1. The average Bonchev–Trinajstić information content (AvgIpc) is 2.90. The van der Waals surface area contributed by atoms with Crippen LogP contribution in [-0.2, 0) is 0 Å². The van der Waals surface area contributed by atoms with Crippen LogP contribution in [0.25, 0.3) is 5.65 Å². The lowest BCUT2D eigenvalue weighted by Crippen LogP contribution is -2.45. The minimum absolute atomic E-state index is 0.471. The van der Waals surface area contributed by atoms with Crippen molar-refractivity contribution in [3.05, 3.63) is 18.6 Å². The van der Waals surface area contributed by atoms with Crippen LogP contribution in [0, 0.1) is 0 Å². The van der Waals surface area contributed by atoms with Crippen molar-refractivity contribution in [3.8, 4) is 0 Å². The van der Waals surface area contributed by atoms with Crippen molar-refractivity contribution in [3.63, 3.8) is 0 Å². The molecule has 1 aliphatic heterocycles. The summed E-state index contributed by atoms with van der Waals surface area (Å²) >= 11 is 2.03. The van der Waals surface area contributed by atoms with E-state index in [1.807, 2.05) is 30.4 Å². The third-order valence-corrected chi connectivity index (χ3v) is 5.21. The Kier molecular flexibility index (Phi) is 3.74. The van der Waals surface area contributed by atoms with Crippen molar-refractivity contribution in [1.82, 2.24) is 14.4 Å². The van der Waals surface area contributed by atoms with Gasteiger partial charge in [-0.3, -0.25) is 0 Å². The average molecular weight is 291 g/mol. The molecular formula is C14H21N5S. The van der Waals surface area contributed by atoms with E-state index in [4.69, 9.17) is 4.98 Å². The minimum Gasteiger partial charge on any atom is -0.369 e. The van der Waals surface area contributed by atoms with E-state index in [1.54, 1.807) is 0 Å². The number of aromatic nitrogens is 3. The molecule has 1 saturated heterocycles. The van der Waals surface area contributed by atoms with Gasteiger partial charge in [0, 0.05) is 42.5 Å². The summed E-state index contributed by atoms with van der Waals surface area (Å²) < 4.78 is 2.06. The molecule has 3 rings (SSSR count). The summed E-state index contributed by atoms with van der Waals surface area (Å²) in [5, 5.41) is 3.92. The summed E-state index contributed by atoms with van der Waals surface area (Å²) in [6.07, 6.45) is 5.82. The fourth-order valence-corrected chi connectivity index (χ4v) is 3.71. The van der Waals surface area contributed by atoms with Crippen LogP contribution >= 0.6 is 11.8 Å². The molecular weight excluding hydrogens is 270 g/mol. The molecule has 0 spiro atoms. The summed E-state index contributed by atoms with van der Waals surface area (Å²) in [4.78, 5) is 11.7. The lowest BCUT2D eigenvalue weighted by Gasteiger charge is -2.38. The van der Waals surface area contributed by atoms with Gasteiger partial charge in [0.15, 0.2) is 11.5 Å². The van der Waals surface area contributed by atoms with E-state index >= 15 is 0 Å². The monoisotopic (exact) mass is 291 g/mol. The second-order valence-corrected chi connectivity index (χ2v) is 6.63. The van der Waals surface area contributed by atoms with E-state index in [0.717, 1.165) is 36.1 Å². The number of thioether (sulfide) groups is 1. The van der Waals surface area contributed by atoms with Crippen LogP contribution in [-0.4, -0.2) is 44.5 Å². The molecule has 6 heteroatoms. The normalized spacial score (nSPS) is 23.2. The number of rotatable bonds is 3. The second kappa shape index (κ2) is 5.52. The molecule has 20 heavy (non-hydrogen) atoms.